The van der Waals surface area contributed by atoms with Gasteiger partial charge in [-0.15, -0.1) is 0 Å². The monoisotopic (exact) mass is 324 g/mol. The first-order valence-electron chi connectivity index (χ1n) is 8.62. The van der Waals surface area contributed by atoms with Crippen molar-refractivity contribution >= 4 is 5.91 Å². The molecular formula is C19H24N4O. The first kappa shape index (κ1) is 16.6. The van der Waals surface area contributed by atoms with Gasteiger partial charge in [-0.05, 0) is 36.9 Å². The highest BCUT2D eigenvalue weighted by atomic mass is 16.1. The highest BCUT2D eigenvalue weighted by Crippen LogP contribution is 2.18. The van der Waals surface area contributed by atoms with Crippen LogP contribution in [0.2, 0.25) is 0 Å². The summed E-state index contributed by atoms with van der Waals surface area (Å²) in [6, 6.07) is 12.3. The fourth-order valence-electron chi connectivity index (χ4n) is 3.23. The molecule has 1 aromatic heterocycles. The van der Waals surface area contributed by atoms with Gasteiger partial charge in [-0.3, -0.25) is 9.69 Å². The molecule has 0 radical (unpaired) electrons. The third kappa shape index (κ3) is 4.86. The van der Waals surface area contributed by atoms with Crippen LogP contribution in [0, 0.1) is 5.92 Å². The second kappa shape index (κ2) is 8.55. The van der Waals surface area contributed by atoms with Gasteiger partial charge in [0.25, 0.3) is 5.91 Å². The molecule has 0 aliphatic carbocycles. The average Bonchev–Trinajstić information content (AvgIpc) is 2.86. The molecule has 126 valence electrons. The van der Waals surface area contributed by atoms with E-state index in [1.54, 1.807) is 12.3 Å². The van der Waals surface area contributed by atoms with E-state index in [1.165, 1.54) is 31.0 Å². The summed E-state index contributed by atoms with van der Waals surface area (Å²) in [5.41, 5.74) is 1.92. The van der Waals surface area contributed by atoms with Gasteiger partial charge in [0.15, 0.2) is 0 Å². The van der Waals surface area contributed by atoms with E-state index in [9.17, 15) is 4.79 Å². The van der Waals surface area contributed by atoms with Crippen molar-refractivity contribution in [2.24, 2.45) is 5.92 Å². The number of hydrogen-bond acceptors (Lipinski definition) is 4. The number of benzene rings is 1. The zero-order valence-corrected chi connectivity index (χ0v) is 13.9. The zero-order valence-electron chi connectivity index (χ0n) is 13.9. The number of nitrogens with one attached hydrogen (secondary N) is 1. The number of hydrogen-bond donors (Lipinski definition) is 1. The molecule has 2 heterocycles. The Balaban J connectivity index is 1.52. The molecular weight excluding hydrogens is 300 g/mol. The smallest absolute Gasteiger partial charge is 0.252 e. The number of likely N-dealkylation sites (tertiary alicyclic amines) is 1. The van der Waals surface area contributed by atoms with Crippen molar-refractivity contribution in [3.05, 3.63) is 59.9 Å². The van der Waals surface area contributed by atoms with Gasteiger partial charge in [0, 0.05) is 19.6 Å². The Bertz CT molecular complexity index is 632. The minimum Gasteiger partial charge on any atom is -0.352 e. The van der Waals surface area contributed by atoms with E-state index < -0.39 is 0 Å². The number of aromatic nitrogens is 2. The molecule has 2 aromatic rings. The van der Waals surface area contributed by atoms with Crippen LogP contribution in [-0.2, 0) is 6.54 Å². The molecule has 1 aliphatic rings. The normalized spacial score (nSPS) is 18.8. The SMILES string of the molecule is O=C(NCC1CCCCN(Cc2ccccc2)C1)c1ccnnc1. The predicted octanol–water partition coefficient (Wildman–Crippen LogP) is 2.51. The van der Waals surface area contributed by atoms with E-state index in [0.29, 0.717) is 18.0 Å². The maximum atomic E-state index is 12.2. The molecule has 5 heteroatoms. The molecule has 1 unspecified atom stereocenters. The van der Waals surface area contributed by atoms with E-state index in [1.807, 2.05) is 0 Å². The summed E-state index contributed by atoms with van der Waals surface area (Å²) >= 11 is 0. The molecule has 1 saturated heterocycles. The van der Waals surface area contributed by atoms with E-state index >= 15 is 0 Å². The van der Waals surface area contributed by atoms with Gasteiger partial charge in [0.2, 0.25) is 0 Å². The lowest BCUT2D eigenvalue weighted by Gasteiger charge is -2.24. The Kier molecular flexibility index (Phi) is 5.90. The molecule has 0 bridgehead atoms. The molecule has 0 saturated carbocycles. The highest BCUT2D eigenvalue weighted by Gasteiger charge is 2.19. The first-order chi connectivity index (χ1) is 11.8. The Hall–Kier alpha value is -2.27. The van der Waals surface area contributed by atoms with Gasteiger partial charge < -0.3 is 5.32 Å². The summed E-state index contributed by atoms with van der Waals surface area (Å²) < 4.78 is 0. The fraction of sp³-hybridized carbons (Fsp3) is 0.421. The molecule has 1 amide bonds. The number of carbonyl (C=O) groups excluding carboxylic acids is 1. The van der Waals surface area contributed by atoms with E-state index in [4.69, 9.17) is 0 Å². The molecule has 3 rings (SSSR count). The standard InChI is InChI=1S/C19H24N4O/c24-19(18-9-10-21-22-13-18)20-12-17-8-4-5-11-23(15-17)14-16-6-2-1-3-7-16/h1-3,6-7,9-10,13,17H,4-5,8,11-12,14-15H2,(H,20,24). The molecule has 1 atom stereocenters. The summed E-state index contributed by atoms with van der Waals surface area (Å²) in [4.78, 5) is 14.7. The maximum Gasteiger partial charge on any atom is 0.252 e. The van der Waals surface area contributed by atoms with Gasteiger partial charge in [-0.2, -0.15) is 10.2 Å². The lowest BCUT2D eigenvalue weighted by Crippen LogP contribution is -2.35. The number of nitrogens with zero attached hydrogens (tertiary/aromatic N) is 3. The fourth-order valence-corrected chi connectivity index (χ4v) is 3.23. The highest BCUT2D eigenvalue weighted by molar-refractivity contribution is 5.93. The van der Waals surface area contributed by atoms with Crippen molar-refractivity contribution in [2.75, 3.05) is 19.6 Å². The quantitative estimate of drug-likeness (QED) is 0.918. The Morgan fingerprint density at radius 2 is 2.04 bits per heavy atom. The van der Waals surface area contributed by atoms with Crippen LogP contribution >= 0.6 is 0 Å². The zero-order chi connectivity index (χ0) is 16.6. The Morgan fingerprint density at radius 3 is 2.83 bits per heavy atom. The van der Waals surface area contributed by atoms with Crippen LogP contribution in [0.1, 0.15) is 35.2 Å². The molecule has 0 spiro atoms. The summed E-state index contributed by atoms with van der Waals surface area (Å²) in [7, 11) is 0. The third-order valence-corrected chi connectivity index (χ3v) is 4.50. The molecule has 1 fully saturated rings. The molecule has 1 aromatic carbocycles. The van der Waals surface area contributed by atoms with Crippen LogP contribution < -0.4 is 5.32 Å². The summed E-state index contributed by atoms with van der Waals surface area (Å²) in [6.45, 7) is 3.86. The van der Waals surface area contributed by atoms with Gasteiger partial charge in [-0.25, -0.2) is 0 Å². The van der Waals surface area contributed by atoms with Crippen LogP contribution in [-0.4, -0.2) is 40.6 Å². The van der Waals surface area contributed by atoms with Gasteiger partial charge in [-0.1, -0.05) is 36.8 Å². The summed E-state index contributed by atoms with van der Waals surface area (Å²) in [5, 5.41) is 10.5. The van der Waals surface area contributed by atoms with Crippen molar-refractivity contribution in [1.82, 2.24) is 20.4 Å². The van der Waals surface area contributed by atoms with E-state index in [2.05, 4.69) is 50.7 Å². The van der Waals surface area contributed by atoms with Crippen molar-refractivity contribution in [1.29, 1.82) is 0 Å². The molecule has 1 N–H and O–H groups in total. The second-order valence-corrected chi connectivity index (χ2v) is 6.42. The van der Waals surface area contributed by atoms with Crippen LogP contribution in [0.15, 0.2) is 48.8 Å². The van der Waals surface area contributed by atoms with Crippen molar-refractivity contribution in [3.63, 3.8) is 0 Å². The van der Waals surface area contributed by atoms with Crippen molar-refractivity contribution < 1.29 is 4.79 Å². The number of carbonyl (C=O) groups is 1. The minimum absolute atomic E-state index is 0.0660. The number of amides is 1. The molecule has 5 nitrogen and oxygen atoms in total. The largest absolute Gasteiger partial charge is 0.352 e. The van der Waals surface area contributed by atoms with Gasteiger partial charge in [0.05, 0.1) is 18.0 Å². The van der Waals surface area contributed by atoms with Crippen LogP contribution in [0.3, 0.4) is 0 Å². The average molecular weight is 324 g/mol. The predicted molar refractivity (Wildman–Crippen MR) is 93.4 cm³/mol. The van der Waals surface area contributed by atoms with E-state index in [0.717, 1.165) is 19.6 Å². The van der Waals surface area contributed by atoms with Crippen molar-refractivity contribution in [2.45, 2.75) is 25.8 Å². The summed E-state index contributed by atoms with van der Waals surface area (Å²) in [5.74, 6) is 0.429. The van der Waals surface area contributed by atoms with E-state index in [-0.39, 0.29) is 5.91 Å². The third-order valence-electron chi connectivity index (χ3n) is 4.50. The van der Waals surface area contributed by atoms with Gasteiger partial charge >= 0.3 is 0 Å². The van der Waals surface area contributed by atoms with Crippen LogP contribution in [0.25, 0.3) is 0 Å². The van der Waals surface area contributed by atoms with Crippen molar-refractivity contribution in [3.8, 4) is 0 Å². The lowest BCUT2D eigenvalue weighted by molar-refractivity contribution is 0.0942. The number of rotatable bonds is 5. The molecule has 1 aliphatic heterocycles. The summed E-state index contributed by atoms with van der Waals surface area (Å²) in [6.07, 6.45) is 6.67. The van der Waals surface area contributed by atoms with Crippen LogP contribution in [0.5, 0.6) is 0 Å². The lowest BCUT2D eigenvalue weighted by atomic mass is 10.0. The minimum atomic E-state index is -0.0660. The second-order valence-electron chi connectivity index (χ2n) is 6.42. The Morgan fingerprint density at radius 1 is 1.17 bits per heavy atom. The topological polar surface area (TPSA) is 58.1 Å². The van der Waals surface area contributed by atoms with Crippen LogP contribution in [0.4, 0.5) is 0 Å². The maximum absolute atomic E-state index is 12.2. The Labute approximate surface area is 143 Å². The first-order valence-corrected chi connectivity index (χ1v) is 8.62. The molecule has 24 heavy (non-hydrogen) atoms. The van der Waals surface area contributed by atoms with Gasteiger partial charge in [0.1, 0.15) is 0 Å².